The van der Waals surface area contributed by atoms with Gasteiger partial charge in [-0.2, -0.15) is 0 Å². The normalized spacial score (nSPS) is 22.8. The highest BCUT2D eigenvalue weighted by atomic mass is 16.5. The molecule has 0 amide bonds. The maximum Gasteiger partial charge on any atom is 0.122 e. The standard InChI is InChI=1S/C18H30N2O/c1-13-8-9-17(21-4)14(11-13)12-16(20-19)15-7-5-6-10-18(15,2)3/h8-9,11,15-16,20H,5-7,10,12,19H2,1-4H3. The van der Waals surface area contributed by atoms with E-state index in [-0.39, 0.29) is 0 Å². The third-order valence-electron chi connectivity index (χ3n) is 5.17. The van der Waals surface area contributed by atoms with Gasteiger partial charge in [-0.15, -0.1) is 0 Å². The molecule has 2 rings (SSSR count). The Morgan fingerprint density at radius 3 is 2.76 bits per heavy atom. The number of rotatable bonds is 5. The highest BCUT2D eigenvalue weighted by Gasteiger charge is 2.37. The van der Waals surface area contributed by atoms with E-state index in [4.69, 9.17) is 10.6 Å². The molecule has 3 N–H and O–H groups in total. The molecular formula is C18H30N2O. The Kier molecular flexibility index (Phi) is 5.28. The smallest absolute Gasteiger partial charge is 0.122 e. The average molecular weight is 290 g/mol. The highest BCUT2D eigenvalue weighted by Crippen LogP contribution is 2.43. The lowest BCUT2D eigenvalue weighted by atomic mass is 9.65. The maximum absolute atomic E-state index is 5.91. The molecule has 21 heavy (non-hydrogen) atoms. The molecule has 118 valence electrons. The summed E-state index contributed by atoms with van der Waals surface area (Å²) in [5.41, 5.74) is 5.96. The summed E-state index contributed by atoms with van der Waals surface area (Å²) in [4.78, 5) is 0. The zero-order chi connectivity index (χ0) is 15.5. The Labute approximate surface area is 129 Å². The van der Waals surface area contributed by atoms with E-state index in [0.29, 0.717) is 17.4 Å². The third-order valence-corrected chi connectivity index (χ3v) is 5.17. The summed E-state index contributed by atoms with van der Waals surface area (Å²) in [6.07, 6.45) is 6.14. The van der Waals surface area contributed by atoms with E-state index in [1.54, 1.807) is 7.11 Å². The minimum absolute atomic E-state index is 0.302. The van der Waals surface area contributed by atoms with Crippen molar-refractivity contribution in [2.45, 2.75) is 58.9 Å². The van der Waals surface area contributed by atoms with Gasteiger partial charge in [0.1, 0.15) is 5.75 Å². The molecule has 0 saturated heterocycles. The van der Waals surface area contributed by atoms with Gasteiger partial charge in [0.2, 0.25) is 0 Å². The molecule has 0 aromatic heterocycles. The number of hydrogen-bond acceptors (Lipinski definition) is 3. The van der Waals surface area contributed by atoms with Gasteiger partial charge >= 0.3 is 0 Å². The van der Waals surface area contributed by atoms with Gasteiger partial charge in [0, 0.05) is 6.04 Å². The van der Waals surface area contributed by atoms with Gasteiger partial charge in [0.05, 0.1) is 7.11 Å². The van der Waals surface area contributed by atoms with E-state index in [0.717, 1.165) is 12.2 Å². The van der Waals surface area contributed by atoms with E-state index in [9.17, 15) is 0 Å². The van der Waals surface area contributed by atoms with E-state index in [2.05, 4.69) is 44.4 Å². The van der Waals surface area contributed by atoms with E-state index in [1.165, 1.54) is 36.8 Å². The molecule has 2 unspecified atom stereocenters. The number of nitrogens with one attached hydrogen (secondary N) is 1. The Hall–Kier alpha value is -1.06. The van der Waals surface area contributed by atoms with Crippen LogP contribution < -0.4 is 16.0 Å². The van der Waals surface area contributed by atoms with Crippen molar-refractivity contribution in [3.05, 3.63) is 29.3 Å². The second kappa shape index (κ2) is 6.80. The van der Waals surface area contributed by atoms with Gasteiger partial charge in [-0.1, -0.05) is 44.4 Å². The molecule has 3 nitrogen and oxygen atoms in total. The second-order valence-electron chi connectivity index (χ2n) is 7.13. The summed E-state index contributed by atoms with van der Waals surface area (Å²) >= 11 is 0. The van der Waals surface area contributed by atoms with Crippen LogP contribution in [0.2, 0.25) is 0 Å². The van der Waals surface area contributed by atoms with Gasteiger partial charge in [0.25, 0.3) is 0 Å². The highest BCUT2D eigenvalue weighted by molar-refractivity contribution is 5.37. The van der Waals surface area contributed by atoms with E-state index >= 15 is 0 Å². The van der Waals surface area contributed by atoms with Crippen LogP contribution in [0.5, 0.6) is 5.75 Å². The van der Waals surface area contributed by atoms with Crippen molar-refractivity contribution in [3.63, 3.8) is 0 Å². The van der Waals surface area contributed by atoms with Gasteiger partial charge in [-0.3, -0.25) is 11.3 Å². The van der Waals surface area contributed by atoms with Crippen LogP contribution >= 0.6 is 0 Å². The Morgan fingerprint density at radius 2 is 2.14 bits per heavy atom. The first-order valence-electron chi connectivity index (χ1n) is 8.07. The first kappa shape index (κ1) is 16.3. The van der Waals surface area contributed by atoms with Gasteiger partial charge in [-0.05, 0) is 49.1 Å². The Bertz CT molecular complexity index is 470. The molecule has 1 fully saturated rings. The van der Waals surface area contributed by atoms with Crippen molar-refractivity contribution in [1.82, 2.24) is 5.43 Å². The molecule has 0 spiro atoms. The molecule has 0 radical (unpaired) electrons. The zero-order valence-corrected chi connectivity index (χ0v) is 13.9. The molecule has 1 aliphatic carbocycles. The second-order valence-corrected chi connectivity index (χ2v) is 7.13. The van der Waals surface area contributed by atoms with E-state index in [1.807, 2.05) is 0 Å². The Morgan fingerprint density at radius 1 is 1.38 bits per heavy atom. The number of nitrogens with two attached hydrogens (primary N) is 1. The fraction of sp³-hybridized carbons (Fsp3) is 0.667. The van der Waals surface area contributed by atoms with Crippen molar-refractivity contribution in [2.24, 2.45) is 17.2 Å². The number of ether oxygens (including phenoxy) is 1. The number of hydrogen-bond donors (Lipinski definition) is 2. The largest absolute Gasteiger partial charge is 0.496 e. The summed E-state index contributed by atoms with van der Waals surface area (Å²) in [7, 11) is 1.74. The maximum atomic E-state index is 5.91. The predicted molar refractivity (Wildman–Crippen MR) is 88.3 cm³/mol. The number of benzene rings is 1. The number of methoxy groups -OCH3 is 1. The van der Waals surface area contributed by atoms with Crippen LogP contribution in [0.1, 0.15) is 50.7 Å². The lowest BCUT2D eigenvalue weighted by Crippen LogP contribution is -2.48. The fourth-order valence-electron chi connectivity index (χ4n) is 3.89. The average Bonchev–Trinajstić information content (AvgIpc) is 2.45. The number of aryl methyl sites for hydroxylation is 1. The lowest BCUT2D eigenvalue weighted by Gasteiger charge is -2.43. The molecular weight excluding hydrogens is 260 g/mol. The van der Waals surface area contributed by atoms with Crippen LogP contribution in [0.25, 0.3) is 0 Å². The van der Waals surface area contributed by atoms with Crippen LogP contribution in [0.4, 0.5) is 0 Å². The van der Waals surface area contributed by atoms with Gasteiger partial charge in [-0.25, -0.2) is 0 Å². The fourth-order valence-corrected chi connectivity index (χ4v) is 3.89. The first-order chi connectivity index (χ1) is 9.97. The van der Waals surface area contributed by atoms with Gasteiger partial charge in [0.15, 0.2) is 0 Å². The molecule has 1 aromatic rings. The molecule has 1 saturated carbocycles. The molecule has 3 heteroatoms. The first-order valence-corrected chi connectivity index (χ1v) is 8.07. The molecule has 2 atom stereocenters. The van der Waals surface area contributed by atoms with Crippen LogP contribution in [-0.2, 0) is 6.42 Å². The zero-order valence-electron chi connectivity index (χ0n) is 13.9. The quantitative estimate of drug-likeness (QED) is 0.643. The minimum Gasteiger partial charge on any atom is -0.496 e. The summed E-state index contributed by atoms with van der Waals surface area (Å²) < 4.78 is 5.52. The monoisotopic (exact) mass is 290 g/mol. The van der Waals surface area contributed by atoms with Crippen LogP contribution in [0, 0.1) is 18.3 Å². The van der Waals surface area contributed by atoms with Crippen molar-refractivity contribution in [1.29, 1.82) is 0 Å². The van der Waals surface area contributed by atoms with Crippen molar-refractivity contribution in [3.8, 4) is 5.75 Å². The topological polar surface area (TPSA) is 47.3 Å². The lowest BCUT2D eigenvalue weighted by molar-refractivity contribution is 0.0979. The summed E-state index contributed by atoms with van der Waals surface area (Å²) in [5.74, 6) is 7.49. The van der Waals surface area contributed by atoms with Gasteiger partial charge < -0.3 is 4.74 Å². The predicted octanol–water partition coefficient (Wildman–Crippen LogP) is 3.59. The van der Waals surface area contributed by atoms with Crippen molar-refractivity contribution < 1.29 is 4.74 Å². The molecule has 0 heterocycles. The summed E-state index contributed by atoms with van der Waals surface area (Å²) in [6, 6.07) is 6.68. The molecule has 0 aliphatic heterocycles. The van der Waals surface area contributed by atoms with Crippen molar-refractivity contribution >= 4 is 0 Å². The van der Waals surface area contributed by atoms with Crippen LogP contribution in [0.3, 0.4) is 0 Å². The third kappa shape index (κ3) is 3.78. The summed E-state index contributed by atoms with van der Waals surface area (Å²) in [6.45, 7) is 6.89. The number of hydrazine groups is 1. The molecule has 0 bridgehead atoms. The van der Waals surface area contributed by atoms with Crippen LogP contribution in [0.15, 0.2) is 18.2 Å². The minimum atomic E-state index is 0.302. The molecule has 1 aliphatic rings. The van der Waals surface area contributed by atoms with Crippen LogP contribution in [-0.4, -0.2) is 13.2 Å². The van der Waals surface area contributed by atoms with Crippen molar-refractivity contribution in [2.75, 3.05) is 7.11 Å². The summed E-state index contributed by atoms with van der Waals surface area (Å²) in [5, 5.41) is 0. The van der Waals surface area contributed by atoms with E-state index < -0.39 is 0 Å². The SMILES string of the molecule is COc1ccc(C)cc1CC(NN)C1CCCCC1(C)C. The molecule has 1 aromatic carbocycles. The Balaban J connectivity index is 2.21.